The smallest absolute Gasteiger partial charge is 0.148 e. The molecule has 0 saturated heterocycles. The van der Waals surface area contributed by atoms with Crippen molar-refractivity contribution in [1.82, 2.24) is 4.98 Å². The number of rotatable bonds is 4. The first kappa shape index (κ1) is 12.5. The number of nitrogen functional groups attached to an aromatic ring is 1. The summed E-state index contributed by atoms with van der Waals surface area (Å²) in [6.45, 7) is 0.732. The van der Waals surface area contributed by atoms with Crippen LogP contribution in [0.4, 0.5) is 15.8 Å². The number of anilines is 2. The molecule has 0 aliphatic heterocycles. The molecule has 0 spiro atoms. The van der Waals surface area contributed by atoms with Gasteiger partial charge in [-0.3, -0.25) is 0 Å². The standard InChI is InChI=1S/C16H16FN3/c17-14-10-12(5-6-15(14)18)19-8-7-13-9-11-3-1-2-4-16(11)20-13/h1-6,9-10,19-20H,7-8,18H2. The molecule has 3 aromatic rings. The molecular weight excluding hydrogens is 253 g/mol. The molecule has 20 heavy (non-hydrogen) atoms. The third kappa shape index (κ3) is 2.59. The number of nitrogens with one attached hydrogen (secondary N) is 2. The van der Waals surface area contributed by atoms with Crippen molar-refractivity contribution in [2.45, 2.75) is 6.42 Å². The lowest BCUT2D eigenvalue weighted by molar-refractivity contribution is 0.633. The van der Waals surface area contributed by atoms with Gasteiger partial charge in [-0.05, 0) is 35.7 Å². The quantitative estimate of drug-likeness (QED) is 0.634. The molecular formula is C16H16FN3. The van der Waals surface area contributed by atoms with Crippen LogP contribution in [0.2, 0.25) is 0 Å². The summed E-state index contributed by atoms with van der Waals surface area (Å²) < 4.78 is 13.3. The number of aromatic nitrogens is 1. The van der Waals surface area contributed by atoms with E-state index in [-0.39, 0.29) is 11.5 Å². The molecule has 0 aliphatic carbocycles. The van der Waals surface area contributed by atoms with Crippen LogP contribution in [0.3, 0.4) is 0 Å². The van der Waals surface area contributed by atoms with E-state index in [4.69, 9.17) is 5.73 Å². The summed E-state index contributed by atoms with van der Waals surface area (Å²) in [5.41, 5.74) is 8.66. The summed E-state index contributed by atoms with van der Waals surface area (Å²) in [5, 5.41) is 4.40. The van der Waals surface area contributed by atoms with Crippen molar-refractivity contribution in [3.63, 3.8) is 0 Å². The zero-order chi connectivity index (χ0) is 13.9. The first-order valence-electron chi connectivity index (χ1n) is 6.58. The Hall–Kier alpha value is -2.49. The van der Waals surface area contributed by atoms with Gasteiger partial charge in [0, 0.05) is 29.9 Å². The number of benzene rings is 2. The molecule has 102 valence electrons. The summed E-state index contributed by atoms with van der Waals surface area (Å²) in [4.78, 5) is 3.37. The third-order valence-electron chi connectivity index (χ3n) is 3.31. The van der Waals surface area contributed by atoms with Crippen LogP contribution in [0.5, 0.6) is 0 Å². The van der Waals surface area contributed by atoms with Crippen LogP contribution < -0.4 is 11.1 Å². The van der Waals surface area contributed by atoms with E-state index in [2.05, 4.69) is 28.5 Å². The predicted molar refractivity (Wildman–Crippen MR) is 81.3 cm³/mol. The molecule has 0 atom stereocenters. The lowest BCUT2D eigenvalue weighted by Crippen LogP contribution is -2.05. The second kappa shape index (κ2) is 5.25. The number of H-pyrrole nitrogens is 1. The van der Waals surface area contributed by atoms with E-state index in [1.807, 2.05) is 12.1 Å². The SMILES string of the molecule is Nc1ccc(NCCc2cc3ccccc3[nH]2)cc1F. The van der Waals surface area contributed by atoms with Crippen molar-refractivity contribution in [2.75, 3.05) is 17.6 Å². The summed E-state index contributed by atoms with van der Waals surface area (Å²) in [7, 11) is 0. The minimum Gasteiger partial charge on any atom is -0.396 e. The van der Waals surface area contributed by atoms with Gasteiger partial charge in [-0.1, -0.05) is 18.2 Å². The molecule has 4 N–H and O–H groups in total. The minimum atomic E-state index is -0.388. The van der Waals surface area contributed by atoms with Crippen LogP contribution in [-0.2, 0) is 6.42 Å². The number of hydrogen-bond acceptors (Lipinski definition) is 2. The van der Waals surface area contributed by atoms with Gasteiger partial charge in [0.1, 0.15) is 5.82 Å². The van der Waals surface area contributed by atoms with E-state index in [9.17, 15) is 4.39 Å². The van der Waals surface area contributed by atoms with Crippen LogP contribution in [0, 0.1) is 5.82 Å². The fraction of sp³-hybridized carbons (Fsp3) is 0.125. The number of halogens is 1. The van der Waals surface area contributed by atoms with Crippen molar-refractivity contribution in [3.05, 3.63) is 60.0 Å². The molecule has 1 heterocycles. The van der Waals surface area contributed by atoms with Gasteiger partial charge in [0.15, 0.2) is 0 Å². The topological polar surface area (TPSA) is 53.8 Å². The van der Waals surface area contributed by atoms with E-state index < -0.39 is 0 Å². The number of hydrogen-bond donors (Lipinski definition) is 3. The summed E-state index contributed by atoms with van der Waals surface area (Å²) in [6.07, 6.45) is 0.848. The highest BCUT2D eigenvalue weighted by atomic mass is 19.1. The third-order valence-corrected chi connectivity index (χ3v) is 3.31. The van der Waals surface area contributed by atoms with Crippen molar-refractivity contribution < 1.29 is 4.39 Å². The first-order valence-corrected chi connectivity index (χ1v) is 6.58. The van der Waals surface area contributed by atoms with Crippen molar-refractivity contribution in [1.29, 1.82) is 0 Å². The van der Waals surface area contributed by atoms with Crippen LogP contribution in [-0.4, -0.2) is 11.5 Å². The largest absolute Gasteiger partial charge is 0.396 e. The van der Waals surface area contributed by atoms with E-state index in [0.717, 1.165) is 29.9 Å². The fourth-order valence-corrected chi connectivity index (χ4v) is 2.25. The van der Waals surface area contributed by atoms with Crippen LogP contribution in [0.1, 0.15) is 5.69 Å². The Balaban J connectivity index is 1.63. The number of fused-ring (bicyclic) bond motifs is 1. The molecule has 2 aromatic carbocycles. The molecule has 3 rings (SSSR count). The molecule has 1 aromatic heterocycles. The van der Waals surface area contributed by atoms with Gasteiger partial charge >= 0.3 is 0 Å². The highest BCUT2D eigenvalue weighted by Crippen LogP contribution is 2.17. The summed E-state index contributed by atoms with van der Waals surface area (Å²) in [5.74, 6) is -0.388. The molecule has 0 radical (unpaired) electrons. The second-order valence-corrected chi connectivity index (χ2v) is 4.79. The van der Waals surface area contributed by atoms with Gasteiger partial charge in [0.05, 0.1) is 5.69 Å². The van der Waals surface area contributed by atoms with Gasteiger partial charge < -0.3 is 16.0 Å². The van der Waals surface area contributed by atoms with Gasteiger partial charge in [-0.25, -0.2) is 4.39 Å². The Morgan fingerprint density at radius 3 is 2.75 bits per heavy atom. The van der Waals surface area contributed by atoms with E-state index in [0.29, 0.717) is 0 Å². The maximum atomic E-state index is 13.3. The number of para-hydroxylation sites is 1. The lowest BCUT2D eigenvalue weighted by atomic mass is 10.2. The summed E-state index contributed by atoms with van der Waals surface area (Å²) >= 11 is 0. The van der Waals surface area contributed by atoms with Crippen molar-refractivity contribution >= 4 is 22.3 Å². The average Bonchev–Trinajstić information content (AvgIpc) is 2.85. The number of aromatic amines is 1. The van der Waals surface area contributed by atoms with Gasteiger partial charge in [0.25, 0.3) is 0 Å². The molecule has 0 aliphatic rings. The van der Waals surface area contributed by atoms with E-state index in [1.54, 1.807) is 12.1 Å². The number of nitrogens with two attached hydrogens (primary N) is 1. The molecule has 0 unspecified atom stereocenters. The van der Waals surface area contributed by atoms with E-state index in [1.165, 1.54) is 11.5 Å². The zero-order valence-corrected chi connectivity index (χ0v) is 11.0. The van der Waals surface area contributed by atoms with E-state index >= 15 is 0 Å². The molecule has 3 nitrogen and oxygen atoms in total. The zero-order valence-electron chi connectivity index (χ0n) is 11.0. The van der Waals surface area contributed by atoms with Crippen LogP contribution in [0.25, 0.3) is 10.9 Å². The average molecular weight is 269 g/mol. The molecule has 0 amide bonds. The van der Waals surface area contributed by atoms with Crippen molar-refractivity contribution in [3.8, 4) is 0 Å². The predicted octanol–water partition coefficient (Wildman–Crippen LogP) is 3.54. The first-order chi connectivity index (χ1) is 9.72. The minimum absolute atomic E-state index is 0.172. The Labute approximate surface area is 116 Å². The molecule has 0 fully saturated rings. The maximum Gasteiger partial charge on any atom is 0.148 e. The monoisotopic (exact) mass is 269 g/mol. The maximum absolute atomic E-state index is 13.3. The van der Waals surface area contributed by atoms with Crippen LogP contribution >= 0.6 is 0 Å². The molecule has 4 heteroatoms. The van der Waals surface area contributed by atoms with Gasteiger partial charge in [-0.2, -0.15) is 0 Å². The lowest BCUT2D eigenvalue weighted by Gasteiger charge is -2.06. The Morgan fingerprint density at radius 1 is 1.10 bits per heavy atom. The molecule has 0 saturated carbocycles. The summed E-state index contributed by atoms with van der Waals surface area (Å²) in [6, 6.07) is 15.1. The Morgan fingerprint density at radius 2 is 1.95 bits per heavy atom. The van der Waals surface area contributed by atoms with Crippen molar-refractivity contribution in [2.24, 2.45) is 0 Å². The highest BCUT2D eigenvalue weighted by molar-refractivity contribution is 5.80. The Kier molecular flexibility index (Phi) is 3.29. The Bertz CT molecular complexity index is 700. The van der Waals surface area contributed by atoms with Gasteiger partial charge in [-0.15, -0.1) is 0 Å². The highest BCUT2D eigenvalue weighted by Gasteiger charge is 2.02. The normalized spacial score (nSPS) is 10.8. The second-order valence-electron chi connectivity index (χ2n) is 4.79. The van der Waals surface area contributed by atoms with Crippen LogP contribution in [0.15, 0.2) is 48.5 Å². The van der Waals surface area contributed by atoms with Gasteiger partial charge in [0.2, 0.25) is 0 Å². The fourth-order valence-electron chi connectivity index (χ4n) is 2.25. The molecule has 0 bridgehead atoms.